The molecule has 0 saturated carbocycles. The van der Waals surface area contributed by atoms with Crippen LogP contribution in [0.3, 0.4) is 0 Å². The first-order valence-electron chi connectivity index (χ1n) is 45.6. The minimum Gasteiger partial charge on any atom is -0.396 e. The molecule has 0 aliphatic carbocycles. The molecule has 4 heterocycles. The number of morpholine rings is 1. The molecule has 2 aliphatic heterocycles. The van der Waals surface area contributed by atoms with Crippen LogP contribution in [0.1, 0.15) is 150 Å². The van der Waals surface area contributed by atoms with E-state index in [0.717, 1.165) is 110 Å². The van der Waals surface area contributed by atoms with Crippen LogP contribution in [0.2, 0.25) is 0 Å². The molecule has 0 amide bonds. The topological polar surface area (TPSA) is 553 Å². The van der Waals surface area contributed by atoms with E-state index in [4.69, 9.17) is 107 Å². The second-order valence-corrected chi connectivity index (χ2v) is 32.2. The molecule has 1 aromatic carbocycles. The van der Waals surface area contributed by atoms with Crippen molar-refractivity contribution in [2.75, 3.05) is 285 Å². The molecular weight excluding hydrogens is 1660 g/mol. The average molecular weight is 1850 g/mol. The number of hydrogen-bond acceptors (Lipinski definition) is 37. The zero-order valence-corrected chi connectivity index (χ0v) is 81.9. The predicted molar refractivity (Wildman–Crippen MR) is 508 cm³/mol. The summed E-state index contributed by atoms with van der Waals surface area (Å²) in [6.07, 6.45) is 4.92. The van der Waals surface area contributed by atoms with Crippen LogP contribution in [-0.2, 0) is 24.5 Å². The Morgan fingerprint density at radius 1 is 0.422 bits per heavy atom. The lowest BCUT2D eigenvalue weighted by Crippen LogP contribution is -2.53. The van der Waals surface area contributed by atoms with Gasteiger partial charge in [0, 0.05) is 115 Å². The highest BCUT2D eigenvalue weighted by Gasteiger charge is 2.32. The Morgan fingerprint density at radius 3 is 1.15 bits per heavy atom. The van der Waals surface area contributed by atoms with Crippen LogP contribution in [0.5, 0.6) is 0 Å². The Bertz CT molecular complexity index is 2580. The Morgan fingerprint density at radius 2 is 0.836 bits per heavy atom. The zero-order valence-electron chi connectivity index (χ0n) is 81.9. The first-order chi connectivity index (χ1) is 61.0. The molecule has 37 nitrogen and oxygen atoms in total. The van der Waals surface area contributed by atoms with Gasteiger partial charge in [-0.05, 0) is 178 Å². The number of hydrogen-bond donors (Lipinski definition) is 24. The molecule has 3 aromatic rings. The van der Waals surface area contributed by atoms with Gasteiger partial charge < -0.3 is 147 Å². The lowest BCUT2D eigenvalue weighted by molar-refractivity contribution is -0.0105. The number of pyridine rings is 2. The smallest absolute Gasteiger partial charge is 0.0897 e. The van der Waals surface area contributed by atoms with Crippen LogP contribution < -0.4 is 0 Å². The molecule has 128 heavy (non-hydrogen) atoms. The monoisotopic (exact) mass is 1850 g/mol. The maximum atomic E-state index is 9.35. The largest absolute Gasteiger partial charge is 0.396 e. The van der Waals surface area contributed by atoms with Gasteiger partial charge in [-0.3, -0.25) is 39.4 Å². The first kappa shape index (κ1) is 137. The molecule has 37 heteroatoms. The molecule has 2 fully saturated rings. The van der Waals surface area contributed by atoms with Crippen molar-refractivity contribution < 1.29 is 127 Å². The van der Waals surface area contributed by atoms with Gasteiger partial charge >= 0.3 is 0 Å². The van der Waals surface area contributed by atoms with Gasteiger partial charge in [-0.2, -0.15) is 0 Å². The first-order valence-corrected chi connectivity index (χ1v) is 45.6. The molecule has 0 spiro atoms. The van der Waals surface area contributed by atoms with Gasteiger partial charge in [-0.25, -0.2) is 0 Å². The SMILES string of the molecule is CC(C)N(CC(O)CO)C(C)C.CCCCN(CCO)CCO.CCN(CC)C(CC)(CO)CO.CCN(CC)CC(O)CO.CCN(Cc1ccccc1)CC(O)CO.CN(C)C(C)(CO)CO.CN(C)CC(O)CO.CN(CCO)CCO.OCC(CO)c1ccccn1.OCC(O)CN1CCCCC1.OCC(O)CN1CCOCC1.OCc1cccc(CO)n1. The highest BCUT2D eigenvalue weighted by Crippen LogP contribution is 2.19. The van der Waals surface area contributed by atoms with Crippen molar-refractivity contribution in [3.8, 4) is 0 Å². The zero-order chi connectivity index (χ0) is 99.1. The number of aliphatic hydroxyl groups excluding tert-OH is 24. The molecule has 6 unspecified atom stereocenters. The van der Waals surface area contributed by atoms with E-state index in [1.165, 1.54) is 24.8 Å². The van der Waals surface area contributed by atoms with E-state index in [2.05, 4.69) is 91.0 Å². The Balaban J connectivity index is -0.000000250. The van der Waals surface area contributed by atoms with Crippen molar-refractivity contribution in [3.05, 3.63) is 95.6 Å². The van der Waals surface area contributed by atoms with Gasteiger partial charge in [0.1, 0.15) is 0 Å². The molecule has 24 N–H and O–H groups in total. The summed E-state index contributed by atoms with van der Waals surface area (Å²) in [5.41, 5.74) is 2.25. The summed E-state index contributed by atoms with van der Waals surface area (Å²) < 4.78 is 5.13. The van der Waals surface area contributed by atoms with E-state index in [0.29, 0.717) is 88.9 Å². The number of β-amino-alcohol motifs (C(OH)–C–C–N with tert-alkyl or cyclic N) is 2. The lowest BCUT2D eigenvalue weighted by Gasteiger charge is -2.39. The predicted octanol–water partition coefficient (Wildman–Crippen LogP) is -2.66. The van der Waals surface area contributed by atoms with Gasteiger partial charge in [0.2, 0.25) is 0 Å². The Labute approximate surface area is 770 Å². The number of aromatic nitrogens is 2. The quantitative estimate of drug-likeness (QED) is 0.0274. The Hall–Kier alpha value is -3.88. The molecule has 2 saturated heterocycles. The normalized spacial score (nSPS) is 14.3. The maximum Gasteiger partial charge on any atom is 0.0897 e. The van der Waals surface area contributed by atoms with Crippen molar-refractivity contribution >= 4 is 0 Å². The third-order valence-electron chi connectivity index (χ3n) is 20.4. The van der Waals surface area contributed by atoms with Crippen LogP contribution in [0.4, 0.5) is 0 Å². The third-order valence-corrected chi connectivity index (χ3v) is 20.4. The van der Waals surface area contributed by atoms with Crippen LogP contribution in [-0.4, -0.2) is 526 Å². The van der Waals surface area contributed by atoms with Crippen LogP contribution in [0.25, 0.3) is 0 Å². The summed E-state index contributed by atoms with van der Waals surface area (Å²) >= 11 is 0. The summed E-state index contributed by atoms with van der Waals surface area (Å²) in [5, 5.41) is 211. The van der Waals surface area contributed by atoms with Gasteiger partial charge in [-0.1, -0.05) is 104 Å². The highest BCUT2D eigenvalue weighted by molar-refractivity contribution is 5.14. The minimum atomic E-state index is -0.645. The van der Waals surface area contributed by atoms with E-state index in [1.807, 2.05) is 111 Å². The van der Waals surface area contributed by atoms with Crippen molar-refractivity contribution in [3.63, 3.8) is 0 Å². The highest BCUT2D eigenvalue weighted by atomic mass is 16.5. The number of rotatable bonds is 50. The van der Waals surface area contributed by atoms with Gasteiger partial charge in [0.25, 0.3) is 0 Å². The van der Waals surface area contributed by atoms with Crippen LogP contribution in [0, 0.1) is 0 Å². The minimum absolute atomic E-state index is 0.0174. The fourth-order valence-corrected chi connectivity index (χ4v) is 11.7. The average Bonchev–Trinajstić information content (AvgIpc) is 0.847. The summed E-state index contributed by atoms with van der Waals surface area (Å²) in [5.74, 6) is -0.240. The summed E-state index contributed by atoms with van der Waals surface area (Å²) in [4.78, 5) is 28.2. The fourth-order valence-electron chi connectivity index (χ4n) is 11.7. The standard InChI is InChI=1S/C12H19NO2.2C9H21NO2.C8H11NO2.C8H17NO2.C8H19NO2.C7H15NO3.C7H9NO2.C7H17NO2.C6H15NO2.2C5H13NO2/c1-2-13(9-12(15)10-14)8-11-6-4-3-5-7-11;1-7(2)10(8(3)4)5-9(12)6-11;1-4-9(7-11,8-12)10(5-2)6-3;10-5-7(6-11)8-3-1-2-4-9-8;10-7-8(11)6-9-4-2-1-3-5-9;1-2-3-4-9(5-7-10)6-8-11;9-6-7(10)5-8-1-3-11-4-2-8;9-4-6-2-1-3-7(5-10)8-6;1-3-8(4-2)5-7(10)6-9;1-6(4-8,5-9)7(2)3;1-6(2)3-5(8)4-7;1-6(2-4-7)3-5-8/h3-7,12,14-15H,2,8-10H2,1H3;7-9,11-12H,5-6H2,1-4H3;11-12H,4-8H2,1-3H3;1-4,7,10-11H,5-6H2;8,10-11H,1-7H2;10-11H,2-8H2,1H3;7,9-10H,1-6H2;1-3,9-10H,4-5H2;7,9-10H,3-6H2,1-2H3;8-9H,4-5H2,1-3H3;5,7-8H,3-4H2,1-2H3;7-8H,2-5H2,1H3. The lowest BCUT2D eigenvalue weighted by atomic mass is 9.96. The van der Waals surface area contributed by atoms with Crippen LogP contribution in [0.15, 0.2) is 72.9 Å². The molecule has 0 radical (unpaired) electrons. The molecule has 2 aliphatic rings. The number of piperidine rings is 1. The van der Waals surface area contributed by atoms with E-state index >= 15 is 0 Å². The second-order valence-electron chi connectivity index (χ2n) is 32.2. The van der Waals surface area contributed by atoms with Crippen molar-refractivity contribution in [2.24, 2.45) is 0 Å². The molecule has 6 atom stereocenters. The molecule has 5 rings (SSSR count). The van der Waals surface area contributed by atoms with Crippen molar-refractivity contribution in [1.82, 2.24) is 59.0 Å². The van der Waals surface area contributed by atoms with E-state index < -0.39 is 47.7 Å². The van der Waals surface area contributed by atoms with Gasteiger partial charge in [-0.15, -0.1) is 0 Å². The van der Waals surface area contributed by atoms with Crippen molar-refractivity contribution in [1.29, 1.82) is 0 Å². The molecule has 2 aromatic heterocycles. The summed E-state index contributed by atoms with van der Waals surface area (Å²) in [6.45, 7) is 41.6. The number of nitrogens with zero attached hydrogens (tertiary/aromatic N) is 12. The molecule has 764 valence electrons. The third kappa shape index (κ3) is 78.4. The van der Waals surface area contributed by atoms with E-state index in [9.17, 15) is 20.4 Å². The van der Waals surface area contributed by atoms with Crippen LogP contribution >= 0.6 is 0 Å². The number of ether oxygens (including phenoxy) is 1. The van der Waals surface area contributed by atoms with E-state index in [1.54, 1.807) is 48.4 Å². The van der Waals surface area contributed by atoms with Crippen molar-refractivity contribution in [2.45, 2.75) is 207 Å². The number of likely N-dealkylation sites (N-methyl/N-ethyl adjacent to an activating group) is 6. The van der Waals surface area contributed by atoms with Gasteiger partial charge in [0.05, 0.1) is 191 Å². The summed E-state index contributed by atoms with van der Waals surface area (Å²) in [7, 11) is 9.20. The Kier molecular flexibility index (Phi) is 102. The second kappa shape index (κ2) is 94.9. The van der Waals surface area contributed by atoms with E-state index in [-0.39, 0.29) is 125 Å². The number of aliphatic hydroxyl groups is 24. The molecule has 0 bridgehead atoms. The van der Waals surface area contributed by atoms with Gasteiger partial charge in [0.15, 0.2) is 0 Å². The molecular formula is C91H190N12O25. The maximum absolute atomic E-state index is 9.35. The number of likely N-dealkylation sites (tertiary alicyclic amines) is 1. The number of benzene rings is 1. The fraction of sp³-hybridized carbons (Fsp3) is 0.824. The number of unbranched alkanes of at least 4 members (excludes halogenated alkanes) is 1. The summed E-state index contributed by atoms with van der Waals surface area (Å²) in [6, 6.07) is 21.5.